The molecule has 82 valence electrons. The number of hydrogen-bond donors (Lipinski definition) is 1. The van der Waals surface area contributed by atoms with Crippen LogP contribution in [0.2, 0.25) is 0 Å². The fourth-order valence-corrected chi connectivity index (χ4v) is 1.62. The third kappa shape index (κ3) is 1.67. The van der Waals surface area contributed by atoms with Crippen molar-refractivity contribution in [3.8, 4) is 11.4 Å². The van der Waals surface area contributed by atoms with E-state index in [0.29, 0.717) is 6.41 Å². The smallest absolute Gasteiger partial charge is 0.211 e. The summed E-state index contributed by atoms with van der Waals surface area (Å²) in [6.07, 6.45) is 2.32. The quantitative estimate of drug-likeness (QED) is 0.788. The molecule has 0 saturated carbocycles. The van der Waals surface area contributed by atoms with Gasteiger partial charge in [0.15, 0.2) is 5.82 Å². The van der Waals surface area contributed by atoms with E-state index in [1.165, 1.54) is 0 Å². The van der Waals surface area contributed by atoms with Gasteiger partial charge in [-0.1, -0.05) is 12.1 Å². The lowest BCUT2D eigenvalue weighted by atomic mass is 10.1. The first-order chi connectivity index (χ1) is 7.74. The molecule has 0 unspecified atom stereocenters. The van der Waals surface area contributed by atoms with Crippen LogP contribution >= 0.6 is 0 Å². The summed E-state index contributed by atoms with van der Waals surface area (Å²) >= 11 is 0. The van der Waals surface area contributed by atoms with Gasteiger partial charge in [-0.15, -0.1) is 10.2 Å². The maximum absolute atomic E-state index is 10.4. The summed E-state index contributed by atoms with van der Waals surface area (Å²) in [5, 5.41) is 10.5. The topological polar surface area (TPSA) is 59.8 Å². The second-order valence-corrected chi connectivity index (χ2v) is 3.51. The summed E-state index contributed by atoms with van der Waals surface area (Å²) < 4.78 is 1.84. The molecular weight excluding hydrogens is 204 g/mol. The van der Waals surface area contributed by atoms with E-state index in [2.05, 4.69) is 15.5 Å². The van der Waals surface area contributed by atoms with Crippen LogP contribution in [-0.4, -0.2) is 21.2 Å². The maximum atomic E-state index is 10.4. The molecular formula is C11H12N4O. The van der Waals surface area contributed by atoms with Crippen molar-refractivity contribution in [2.24, 2.45) is 7.05 Å². The summed E-state index contributed by atoms with van der Waals surface area (Å²) in [4.78, 5) is 10.4. The van der Waals surface area contributed by atoms with E-state index < -0.39 is 0 Å². The molecule has 0 radical (unpaired) electrons. The molecule has 1 N–H and O–H groups in total. The molecule has 0 aliphatic rings. The first kappa shape index (κ1) is 10.4. The number of amides is 1. The standard InChI is InChI=1S/C11H12N4O/c1-8-9(11-14-13-6-15(11)2)4-3-5-10(8)12-7-16/h3-7H,1-2H3,(H,12,16). The van der Waals surface area contributed by atoms with Crippen molar-refractivity contribution in [3.05, 3.63) is 30.1 Å². The van der Waals surface area contributed by atoms with Gasteiger partial charge in [0.1, 0.15) is 6.33 Å². The molecule has 1 amide bonds. The molecule has 16 heavy (non-hydrogen) atoms. The Morgan fingerprint density at radius 2 is 2.25 bits per heavy atom. The molecule has 0 aliphatic carbocycles. The van der Waals surface area contributed by atoms with Crippen molar-refractivity contribution in [3.63, 3.8) is 0 Å². The number of anilines is 1. The first-order valence-electron chi connectivity index (χ1n) is 4.88. The van der Waals surface area contributed by atoms with Gasteiger partial charge in [0.25, 0.3) is 0 Å². The normalized spacial score (nSPS) is 10.1. The molecule has 1 aromatic carbocycles. The number of aromatic nitrogens is 3. The van der Waals surface area contributed by atoms with Crippen molar-refractivity contribution in [2.75, 3.05) is 5.32 Å². The lowest BCUT2D eigenvalue weighted by molar-refractivity contribution is -0.105. The summed E-state index contributed by atoms with van der Waals surface area (Å²) in [5.41, 5.74) is 2.73. The molecule has 5 nitrogen and oxygen atoms in total. The highest BCUT2D eigenvalue weighted by atomic mass is 16.1. The van der Waals surface area contributed by atoms with Gasteiger partial charge in [0.2, 0.25) is 6.41 Å². The lowest BCUT2D eigenvalue weighted by Gasteiger charge is -2.09. The van der Waals surface area contributed by atoms with E-state index in [4.69, 9.17) is 0 Å². The van der Waals surface area contributed by atoms with Gasteiger partial charge in [-0.2, -0.15) is 0 Å². The Bertz CT molecular complexity index is 518. The minimum Gasteiger partial charge on any atom is -0.328 e. The minimum atomic E-state index is 0.669. The fourth-order valence-electron chi connectivity index (χ4n) is 1.62. The van der Waals surface area contributed by atoms with Gasteiger partial charge in [-0.25, -0.2) is 0 Å². The Labute approximate surface area is 93.1 Å². The van der Waals surface area contributed by atoms with Crippen LogP contribution in [0.5, 0.6) is 0 Å². The molecule has 1 aromatic heterocycles. The van der Waals surface area contributed by atoms with Gasteiger partial charge in [0.05, 0.1) is 0 Å². The third-order valence-electron chi connectivity index (χ3n) is 2.50. The number of carbonyl (C=O) groups is 1. The molecule has 2 aromatic rings. The number of nitrogens with one attached hydrogen (secondary N) is 1. The zero-order valence-electron chi connectivity index (χ0n) is 9.14. The van der Waals surface area contributed by atoms with Crippen LogP contribution in [0, 0.1) is 6.92 Å². The van der Waals surface area contributed by atoms with Gasteiger partial charge < -0.3 is 9.88 Å². The first-order valence-corrected chi connectivity index (χ1v) is 4.88. The summed E-state index contributed by atoms with van der Waals surface area (Å²) in [6, 6.07) is 5.68. The molecule has 0 spiro atoms. The summed E-state index contributed by atoms with van der Waals surface area (Å²) in [5.74, 6) is 0.784. The molecule has 1 heterocycles. The molecule has 2 rings (SSSR count). The maximum Gasteiger partial charge on any atom is 0.211 e. The Hall–Kier alpha value is -2.17. The summed E-state index contributed by atoms with van der Waals surface area (Å²) in [7, 11) is 1.88. The van der Waals surface area contributed by atoms with Crippen LogP contribution < -0.4 is 5.32 Å². The number of nitrogens with zero attached hydrogens (tertiary/aromatic N) is 3. The highest BCUT2D eigenvalue weighted by Gasteiger charge is 2.09. The van der Waals surface area contributed by atoms with Crippen LogP contribution in [0.4, 0.5) is 5.69 Å². The zero-order valence-corrected chi connectivity index (χ0v) is 9.14. The van der Waals surface area contributed by atoms with Crippen LogP contribution in [0.15, 0.2) is 24.5 Å². The highest BCUT2D eigenvalue weighted by Crippen LogP contribution is 2.26. The largest absolute Gasteiger partial charge is 0.328 e. The fraction of sp³-hybridized carbons (Fsp3) is 0.182. The molecule has 0 bridgehead atoms. The van der Waals surface area contributed by atoms with Gasteiger partial charge in [-0.05, 0) is 18.6 Å². The zero-order chi connectivity index (χ0) is 11.5. The second-order valence-electron chi connectivity index (χ2n) is 3.51. The van der Waals surface area contributed by atoms with Gasteiger partial charge >= 0.3 is 0 Å². The Morgan fingerprint density at radius 3 is 2.88 bits per heavy atom. The van der Waals surface area contributed by atoms with Crippen LogP contribution in [0.1, 0.15) is 5.56 Å². The van der Waals surface area contributed by atoms with Crippen molar-refractivity contribution in [2.45, 2.75) is 6.92 Å². The molecule has 0 aliphatic heterocycles. The van der Waals surface area contributed by atoms with E-state index in [1.807, 2.05) is 36.7 Å². The average molecular weight is 216 g/mol. The van der Waals surface area contributed by atoms with Crippen molar-refractivity contribution < 1.29 is 4.79 Å². The van der Waals surface area contributed by atoms with E-state index in [-0.39, 0.29) is 0 Å². The molecule has 0 atom stereocenters. The number of carbonyl (C=O) groups excluding carboxylic acids is 1. The van der Waals surface area contributed by atoms with Crippen LogP contribution in [0.25, 0.3) is 11.4 Å². The van der Waals surface area contributed by atoms with Crippen LogP contribution in [0.3, 0.4) is 0 Å². The SMILES string of the molecule is Cc1c(NC=O)cccc1-c1nncn1C. The Kier molecular flexibility index (Phi) is 2.68. The third-order valence-corrected chi connectivity index (χ3v) is 2.50. The number of rotatable bonds is 3. The second kappa shape index (κ2) is 4.14. The average Bonchev–Trinajstić information content (AvgIpc) is 2.68. The van der Waals surface area contributed by atoms with E-state index >= 15 is 0 Å². The van der Waals surface area contributed by atoms with Crippen LogP contribution in [-0.2, 0) is 11.8 Å². The minimum absolute atomic E-state index is 0.669. The summed E-state index contributed by atoms with van der Waals surface area (Å²) in [6.45, 7) is 1.94. The highest BCUT2D eigenvalue weighted by molar-refractivity contribution is 5.78. The van der Waals surface area contributed by atoms with E-state index in [1.54, 1.807) is 6.33 Å². The molecule has 0 fully saturated rings. The number of hydrogen-bond acceptors (Lipinski definition) is 3. The Morgan fingerprint density at radius 1 is 1.44 bits per heavy atom. The van der Waals surface area contributed by atoms with E-state index in [9.17, 15) is 4.79 Å². The molecule has 5 heteroatoms. The van der Waals surface area contributed by atoms with Crippen molar-refractivity contribution in [1.82, 2.24) is 14.8 Å². The monoisotopic (exact) mass is 216 g/mol. The van der Waals surface area contributed by atoms with Gasteiger partial charge in [0, 0.05) is 18.3 Å². The lowest BCUT2D eigenvalue weighted by Crippen LogP contribution is -1.99. The molecule has 0 saturated heterocycles. The predicted octanol–water partition coefficient (Wildman–Crippen LogP) is 1.36. The van der Waals surface area contributed by atoms with Gasteiger partial charge in [-0.3, -0.25) is 4.79 Å². The van der Waals surface area contributed by atoms with E-state index in [0.717, 1.165) is 22.6 Å². The predicted molar refractivity (Wildman–Crippen MR) is 60.9 cm³/mol. The Balaban J connectivity index is 2.54. The number of benzene rings is 1. The van der Waals surface area contributed by atoms with Crippen molar-refractivity contribution in [1.29, 1.82) is 0 Å². The van der Waals surface area contributed by atoms with Crippen molar-refractivity contribution >= 4 is 12.1 Å². The number of aryl methyl sites for hydroxylation is 1.